The second kappa shape index (κ2) is 4.79. The Kier molecular flexibility index (Phi) is 3.83. The van der Waals surface area contributed by atoms with Crippen LogP contribution in [0, 0.1) is 11.6 Å². The minimum Gasteiger partial charge on any atom is -0.325 e. The number of nitrogens with two attached hydrogens (primary N) is 1. The first-order valence-electron chi connectivity index (χ1n) is 5.21. The SMILES string of the molecule is CN(C(=O)CC(C)(C)N)c1ccc(F)cc1F. The number of nitrogens with zero attached hydrogens (tertiary/aromatic N) is 1. The molecule has 2 N–H and O–H groups in total. The second-order valence-corrected chi connectivity index (χ2v) is 4.71. The van der Waals surface area contributed by atoms with E-state index in [1.165, 1.54) is 13.1 Å². The summed E-state index contributed by atoms with van der Waals surface area (Å²) in [5.41, 5.74) is 5.09. The number of halogens is 2. The van der Waals surface area contributed by atoms with Gasteiger partial charge in [-0.05, 0) is 26.0 Å². The Bertz CT molecular complexity index is 427. The van der Waals surface area contributed by atoms with Crippen LogP contribution in [-0.2, 0) is 4.79 Å². The lowest BCUT2D eigenvalue weighted by Crippen LogP contribution is -2.40. The molecule has 1 amide bonds. The van der Waals surface area contributed by atoms with E-state index in [0.717, 1.165) is 17.0 Å². The third-order valence-corrected chi connectivity index (χ3v) is 2.25. The molecule has 94 valence electrons. The van der Waals surface area contributed by atoms with Gasteiger partial charge in [0.05, 0.1) is 5.69 Å². The molecule has 0 atom stereocenters. The first kappa shape index (κ1) is 13.6. The van der Waals surface area contributed by atoms with Gasteiger partial charge in [0, 0.05) is 25.1 Å². The van der Waals surface area contributed by atoms with Crippen LogP contribution < -0.4 is 10.6 Å². The molecule has 0 unspecified atom stereocenters. The fraction of sp³-hybridized carbons (Fsp3) is 0.417. The minimum atomic E-state index is -0.768. The monoisotopic (exact) mass is 242 g/mol. The Morgan fingerprint density at radius 2 is 2.00 bits per heavy atom. The maximum Gasteiger partial charge on any atom is 0.228 e. The molecule has 1 aromatic rings. The average Bonchev–Trinajstić information content (AvgIpc) is 2.14. The molecule has 0 aliphatic heterocycles. The van der Waals surface area contributed by atoms with E-state index in [2.05, 4.69) is 0 Å². The highest BCUT2D eigenvalue weighted by Gasteiger charge is 2.21. The van der Waals surface area contributed by atoms with Crippen LogP contribution >= 0.6 is 0 Å². The third kappa shape index (κ3) is 3.78. The van der Waals surface area contributed by atoms with Crippen molar-refractivity contribution in [3.63, 3.8) is 0 Å². The fourth-order valence-electron chi connectivity index (χ4n) is 1.40. The van der Waals surface area contributed by atoms with Gasteiger partial charge in [0.2, 0.25) is 5.91 Å². The van der Waals surface area contributed by atoms with Gasteiger partial charge in [-0.15, -0.1) is 0 Å². The molecule has 0 spiro atoms. The van der Waals surface area contributed by atoms with E-state index < -0.39 is 17.2 Å². The number of carbonyl (C=O) groups excluding carboxylic acids is 1. The molecular formula is C12H16F2N2O. The van der Waals surface area contributed by atoms with Crippen molar-refractivity contribution in [1.29, 1.82) is 0 Å². The maximum atomic E-state index is 13.4. The maximum absolute atomic E-state index is 13.4. The topological polar surface area (TPSA) is 46.3 Å². The van der Waals surface area contributed by atoms with Crippen molar-refractivity contribution in [2.75, 3.05) is 11.9 Å². The van der Waals surface area contributed by atoms with Crippen LogP contribution in [0.25, 0.3) is 0 Å². The highest BCUT2D eigenvalue weighted by Crippen LogP contribution is 2.20. The summed E-state index contributed by atoms with van der Waals surface area (Å²) >= 11 is 0. The summed E-state index contributed by atoms with van der Waals surface area (Å²) in [6.45, 7) is 3.42. The van der Waals surface area contributed by atoms with Gasteiger partial charge in [0.15, 0.2) is 0 Å². The standard InChI is InChI=1S/C12H16F2N2O/c1-12(2,15)7-11(17)16(3)10-5-4-8(13)6-9(10)14/h4-6H,7,15H2,1-3H3. The van der Waals surface area contributed by atoms with Crippen LogP contribution in [0.5, 0.6) is 0 Å². The zero-order chi connectivity index (χ0) is 13.2. The zero-order valence-electron chi connectivity index (χ0n) is 10.1. The normalized spacial score (nSPS) is 11.4. The number of benzene rings is 1. The smallest absolute Gasteiger partial charge is 0.228 e. The molecule has 0 saturated carbocycles. The molecule has 0 radical (unpaired) electrons. The van der Waals surface area contributed by atoms with Gasteiger partial charge in [-0.3, -0.25) is 4.79 Å². The van der Waals surface area contributed by atoms with E-state index in [9.17, 15) is 13.6 Å². The van der Waals surface area contributed by atoms with Crippen molar-refractivity contribution in [2.24, 2.45) is 5.73 Å². The molecule has 1 aromatic carbocycles. The first-order chi connectivity index (χ1) is 7.70. The van der Waals surface area contributed by atoms with E-state index in [4.69, 9.17) is 5.73 Å². The number of anilines is 1. The van der Waals surface area contributed by atoms with Crippen molar-refractivity contribution in [2.45, 2.75) is 25.8 Å². The zero-order valence-corrected chi connectivity index (χ0v) is 10.1. The highest BCUT2D eigenvalue weighted by atomic mass is 19.1. The summed E-state index contributed by atoms with van der Waals surface area (Å²) in [5, 5.41) is 0. The van der Waals surface area contributed by atoms with Crippen LogP contribution in [0.3, 0.4) is 0 Å². The van der Waals surface area contributed by atoms with Crippen LogP contribution in [0.15, 0.2) is 18.2 Å². The fourth-order valence-corrected chi connectivity index (χ4v) is 1.40. The Morgan fingerprint density at radius 1 is 1.41 bits per heavy atom. The highest BCUT2D eigenvalue weighted by molar-refractivity contribution is 5.93. The second-order valence-electron chi connectivity index (χ2n) is 4.71. The Labute approximate surface area is 99.2 Å². The van der Waals surface area contributed by atoms with Crippen LogP contribution in [-0.4, -0.2) is 18.5 Å². The van der Waals surface area contributed by atoms with Gasteiger partial charge in [0.25, 0.3) is 0 Å². The van der Waals surface area contributed by atoms with Crippen molar-refractivity contribution >= 4 is 11.6 Å². The predicted molar refractivity (Wildman–Crippen MR) is 62.7 cm³/mol. The molecule has 17 heavy (non-hydrogen) atoms. The van der Waals surface area contributed by atoms with Crippen molar-refractivity contribution in [3.05, 3.63) is 29.8 Å². The summed E-state index contributed by atoms with van der Waals surface area (Å²) in [5.74, 6) is -1.76. The molecule has 0 bridgehead atoms. The van der Waals surface area contributed by atoms with Crippen LogP contribution in [0.1, 0.15) is 20.3 Å². The van der Waals surface area contributed by atoms with E-state index in [1.54, 1.807) is 13.8 Å². The van der Waals surface area contributed by atoms with E-state index in [1.807, 2.05) is 0 Å². The Balaban J connectivity index is 2.89. The molecule has 1 rings (SSSR count). The van der Waals surface area contributed by atoms with Crippen LogP contribution in [0.2, 0.25) is 0 Å². The van der Waals surface area contributed by atoms with Gasteiger partial charge < -0.3 is 10.6 Å². The molecule has 0 aliphatic carbocycles. The Hall–Kier alpha value is -1.49. The lowest BCUT2D eigenvalue weighted by molar-refractivity contribution is -0.119. The van der Waals surface area contributed by atoms with Gasteiger partial charge in [-0.2, -0.15) is 0 Å². The molecule has 0 saturated heterocycles. The summed E-state index contributed by atoms with van der Waals surface area (Å²) in [6, 6.07) is 3.08. The van der Waals surface area contributed by atoms with Gasteiger partial charge in [0.1, 0.15) is 11.6 Å². The molecule has 0 aliphatic rings. The number of carbonyl (C=O) groups is 1. The molecule has 0 heterocycles. The van der Waals surface area contributed by atoms with Crippen molar-refractivity contribution < 1.29 is 13.6 Å². The van der Waals surface area contributed by atoms with Gasteiger partial charge >= 0.3 is 0 Å². The summed E-state index contributed by atoms with van der Waals surface area (Å²) in [4.78, 5) is 12.9. The molecule has 0 fully saturated rings. The summed E-state index contributed by atoms with van der Waals surface area (Å²) in [6.07, 6.45) is 0.0836. The number of hydrogen-bond acceptors (Lipinski definition) is 2. The number of amides is 1. The van der Waals surface area contributed by atoms with Gasteiger partial charge in [-0.1, -0.05) is 0 Å². The largest absolute Gasteiger partial charge is 0.325 e. The predicted octanol–water partition coefficient (Wildman–Crippen LogP) is 2.05. The number of rotatable bonds is 3. The molecule has 5 heteroatoms. The summed E-state index contributed by atoms with van der Waals surface area (Å²) < 4.78 is 26.1. The summed E-state index contributed by atoms with van der Waals surface area (Å²) in [7, 11) is 1.43. The quantitative estimate of drug-likeness (QED) is 0.881. The number of hydrogen-bond donors (Lipinski definition) is 1. The van der Waals surface area contributed by atoms with E-state index >= 15 is 0 Å². The third-order valence-electron chi connectivity index (χ3n) is 2.25. The van der Waals surface area contributed by atoms with Crippen molar-refractivity contribution in [3.8, 4) is 0 Å². The Morgan fingerprint density at radius 3 is 2.47 bits per heavy atom. The van der Waals surface area contributed by atoms with E-state index in [-0.39, 0.29) is 18.0 Å². The van der Waals surface area contributed by atoms with E-state index in [0.29, 0.717) is 0 Å². The lowest BCUT2D eigenvalue weighted by atomic mass is 10.0. The lowest BCUT2D eigenvalue weighted by Gasteiger charge is -2.23. The first-order valence-corrected chi connectivity index (χ1v) is 5.21. The molecule has 0 aromatic heterocycles. The molecular weight excluding hydrogens is 226 g/mol. The minimum absolute atomic E-state index is 0.0423. The average molecular weight is 242 g/mol. The van der Waals surface area contributed by atoms with Crippen LogP contribution in [0.4, 0.5) is 14.5 Å². The van der Waals surface area contributed by atoms with Crippen molar-refractivity contribution in [1.82, 2.24) is 0 Å². The molecule has 3 nitrogen and oxygen atoms in total. The van der Waals surface area contributed by atoms with Gasteiger partial charge in [-0.25, -0.2) is 8.78 Å².